The Morgan fingerprint density at radius 2 is 2.00 bits per heavy atom. The lowest BCUT2D eigenvalue weighted by molar-refractivity contribution is -0.136. The fourth-order valence-electron chi connectivity index (χ4n) is 0.537. The zero-order valence-electron chi connectivity index (χ0n) is 5.89. The van der Waals surface area contributed by atoms with Crippen LogP contribution in [0, 0.1) is 11.3 Å². The summed E-state index contributed by atoms with van der Waals surface area (Å²) in [6.45, 7) is 1.82. The van der Waals surface area contributed by atoms with Gasteiger partial charge in [0.25, 0.3) is 0 Å². The van der Waals surface area contributed by atoms with E-state index < -0.39 is 11.6 Å². The number of hydrogen-bond donors (Lipinski definition) is 0. The van der Waals surface area contributed by atoms with Gasteiger partial charge in [-0.15, -0.1) is 0 Å². The van der Waals surface area contributed by atoms with Crippen LogP contribution in [0.2, 0.25) is 0 Å². The van der Waals surface area contributed by atoms with Crippen LogP contribution in [0.3, 0.4) is 0 Å². The summed E-state index contributed by atoms with van der Waals surface area (Å²) in [5, 5.41) is 8.03. The molecule has 0 unspecified atom stereocenters. The van der Waals surface area contributed by atoms with Crippen molar-refractivity contribution in [2.75, 3.05) is 0 Å². The third kappa shape index (κ3) is 2.98. The number of hydrogen-bond acceptors (Lipinski definition) is 3. The third-order valence-corrected chi connectivity index (χ3v) is 1.03. The summed E-state index contributed by atoms with van der Waals surface area (Å²) in [4.78, 5) is 21.2. The molecule has 54 valence electrons. The van der Waals surface area contributed by atoms with E-state index in [1.807, 2.05) is 6.92 Å². The lowest BCUT2D eigenvalue weighted by Gasteiger charge is -1.90. The van der Waals surface area contributed by atoms with Gasteiger partial charge in [-0.2, -0.15) is 5.26 Å². The standard InChI is InChI=1S/C7H9NO2/c1-2-3-6(9)7(10)4-5-8/h2-4H2,1H3. The fourth-order valence-corrected chi connectivity index (χ4v) is 0.537. The van der Waals surface area contributed by atoms with Crippen molar-refractivity contribution in [3.8, 4) is 6.07 Å². The van der Waals surface area contributed by atoms with Crippen LogP contribution in [0.25, 0.3) is 0 Å². The highest BCUT2D eigenvalue weighted by Crippen LogP contribution is 1.92. The highest BCUT2D eigenvalue weighted by molar-refractivity contribution is 6.37. The largest absolute Gasteiger partial charge is 0.291 e. The Balaban J connectivity index is 3.74. The molecule has 10 heavy (non-hydrogen) atoms. The molecule has 0 aliphatic carbocycles. The zero-order valence-corrected chi connectivity index (χ0v) is 5.89. The van der Waals surface area contributed by atoms with E-state index in [9.17, 15) is 9.59 Å². The predicted molar refractivity (Wildman–Crippen MR) is 35.2 cm³/mol. The quantitative estimate of drug-likeness (QED) is 0.542. The average Bonchev–Trinajstić information content (AvgIpc) is 1.89. The van der Waals surface area contributed by atoms with Crippen molar-refractivity contribution in [2.45, 2.75) is 26.2 Å². The Labute approximate surface area is 59.6 Å². The van der Waals surface area contributed by atoms with E-state index >= 15 is 0 Å². The Kier molecular flexibility index (Phi) is 4.14. The summed E-state index contributed by atoms with van der Waals surface area (Å²) in [7, 11) is 0. The first-order chi connectivity index (χ1) is 4.72. The number of nitriles is 1. The van der Waals surface area contributed by atoms with Crippen LogP contribution >= 0.6 is 0 Å². The average molecular weight is 139 g/mol. The Bertz CT molecular complexity index is 179. The normalized spacial score (nSPS) is 8.40. The van der Waals surface area contributed by atoms with Gasteiger partial charge in [0.1, 0.15) is 6.42 Å². The van der Waals surface area contributed by atoms with E-state index in [0.29, 0.717) is 6.42 Å². The second-order valence-electron chi connectivity index (χ2n) is 1.93. The zero-order chi connectivity index (χ0) is 7.98. The molecule has 0 rings (SSSR count). The highest BCUT2D eigenvalue weighted by atomic mass is 16.2. The number of rotatable bonds is 4. The van der Waals surface area contributed by atoms with Crippen LogP contribution in [0.15, 0.2) is 0 Å². The SMILES string of the molecule is CCCC(=O)C(=O)CC#N. The number of nitrogens with zero attached hydrogens (tertiary/aromatic N) is 1. The molecule has 0 aliphatic heterocycles. The van der Waals surface area contributed by atoms with Crippen LogP contribution < -0.4 is 0 Å². The minimum atomic E-state index is -0.565. The van der Waals surface area contributed by atoms with E-state index in [2.05, 4.69) is 0 Å². The van der Waals surface area contributed by atoms with Crippen LogP contribution in [0.4, 0.5) is 0 Å². The maximum Gasteiger partial charge on any atom is 0.212 e. The topological polar surface area (TPSA) is 57.9 Å². The first kappa shape index (κ1) is 8.83. The van der Waals surface area contributed by atoms with E-state index in [1.54, 1.807) is 6.07 Å². The van der Waals surface area contributed by atoms with Gasteiger partial charge in [0.2, 0.25) is 5.78 Å². The molecule has 0 aromatic rings. The summed E-state index contributed by atoms with van der Waals surface area (Å²) in [6.07, 6.45) is 0.648. The first-order valence-corrected chi connectivity index (χ1v) is 3.15. The smallest absolute Gasteiger partial charge is 0.212 e. The Morgan fingerprint density at radius 1 is 1.40 bits per heavy atom. The minimum Gasteiger partial charge on any atom is -0.291 e. The molecular weight excluding hydrogens is 130 g/mol. The third-order valence-electron chi connectivity index (χ3n) is 1.03. The van der Waals surface area contributed by atoms with Crippen molar-refractivity contribution < 1.29 is 9.59 Å². The predicted octanol–water partition coefficient (Wildman–Crippen LogP) is 0.838. The first-order valence-electron chi connectivity index (χ1n) is 3.15. The Hall–Kier alpha value is -1.17. The molecule has 0 aromatic carbocycles. The summed E-state index contributed by atoms with van der Waals surface area (Å²) in [5.41, 5.74) is 0. The molecule has 0 N–H and O–H groups in total. The highest BCUT2D eigenvalue weighted by Gasteiger charge is 2.10. The second-order valence-corrected chi connectivity index (χ2v) is 1.93. The van der Waals surface area contributed by atoms with Crippen LogP contribution in [-0.2, 0) is 9.59 Å². The minimum absolute atomic E-state index is 0.264. The number of Topliss-reactive ketones (excluding diaryl/α,β-unsaturated/α-hetero) is 2. The molecular formula is C7H9NO2. The molecule has 0 bridgehead atoms. The molecule has 0 saturated carbocycles. The van der Waals surface area contributed by atoms with Crippen molar-refractivity contribution in [1.82, 2.24) is 0 Å². The fraction of sp³-hybridized carbons (Fsp3) is 0.571. The molecule has 0 aromatic heterocycles. The lowest BCUT2D eigenvalue weighted by atomic mass is 10.1. The molecule has 0 amide bonds. The van der Waals surface area contributed by atoms with E-state index in [1.165, 1.54) is 0 Å². The van der Waals surface area contributed by atoms with Gasteiger partial charge in [-0.05, 0) is 6.42 Å². The molecule has 0 fully saturated rings. The lowest BCUT2D eigenvalue weighted by Crippen LogP contribution is -2.11. The second kappa shape index (κ2) is 4.68. The van der Waals surface area contributed by atoms with Crippen molar-refractivity contribution in [3.63, 3.8) is 0 Å². The molecule has 3 nitrogen and oxygen atoms in total. The van der Waals surface area contributed by atoms with E-state index in [4.69, 9.17) is 5.26 Å². The Morgan fingerprint density at radius 3 is 2.40 bits per heavy atom. The summed E-state index contributed by atoms with van der Waals surface area (Å²) < 4.78 is 0. The maximum atomic E-state index is 10.6. The number of carbonyl (C=O) groups is 2. The van der Waals surface area contributed by atoms with Crippen LogP contribution in [-0.4, -0.2) is 11.6 Å². The van der Waals surface area contributed by atoms with Gasteiger partial charge in [0.05, 0.1) is 6.07 Å². The maximum absolute atomic E-state index is 10.6. The summed E-state index contributed by atoms with van der Waals surface area (Å²) in [5.74, 6) is -0.992. The summed E-state index contributed by atoms with van der Waals surface area (Å²) in [6, 6.07) is 1.64. The summed E-state index contributed by atoms with van der Waals surface area (Å²) >= 11 is 0. The molecule has 0 saturated heterocycles. The van der Waals surface area contributed by atoms with Gasteiger partial charge >= 0.3 is 0 Å². The van der Waals surface area contributed by atoms with Gasteiger partial charge in [0.15, 0.2) is 5.78 Å². The molecule has 3 heteroatoms. The molecule has 0 heterocycles. The van der Waals surface area contributed by atoms with E-state index in [-0.39, 0.29) is 12.8 Å². The molecule has 0 atom stereocenters. The van der Waals surface area contributed by atoms with Gasteiger partial charge < -0.3 is 0 Å². The number of ketones is 2. The monoisotopic (exact) mass is 139 g/mol. The van der Waals surface area contributed by atoms with Crippen molar-refractivity contribution in [1.29, 1.82) is 5.26 Å². The van der Waals surface area contributed by atoms with Crippen LogP contribution in [0.5, 0.6) is 0 Å². The number of carbonyl (C=O) groups excluding carboxylic acids is 2. The van der Waals surface area contributed by atoms with E-state index in [0.717, 1.165) is 0 Å². The van der Waals surface area contributed by atoms with Gasteiger partial charge in [-0.1, -0.05) is 6.92 Å². The van der Waals surface area contributed by atoms with Crippen LogP contribution in [0.1, 0.15) is 26.2 Å². The molecule has 0 aliphatic rings. The van der Waals surface area contributed by atoms with Gasteiger partial charge in [-0.25, -0.2) is 0 Å². The van der Waals surface area contributed by atoms with Crippen molar-refractivity contribution in [3.05, 3.63) is 0 Å². The molecule has 0 spiro atoms. The van der Waals surface area contributed by atoms with Gasteiger partial charge in [-0.3, -0.25) is 9.59 Å². The molecule has 0 radical (unpaired) electrons. The van der Waals surface area contributed by atoms with Gasteiger partial charge in [0, 0.05) is 6.42 Å². The van der Waals surface area contributed by atoms with Crippen molar-refractivity contribution in [2.24, 2.45) is 0 Å². The van der Waals surface area contributed by atoms with Crippen molar-refractivity contribution >= 4 is 11.6 Å².